The van der Waals surface area contributed by atoms with Crippen molar-refractivity contribution in [2.24, 2.45) is 0 Å². The van der Waals surface area contributed by atoms with E-state index in [0.717, 1.165) is 12.8 Å². The van der Waals surface area contributed by atoms with Crippen LogP contribution in [0.4, 0.5) is 0 Å². The van der Waals surface area contributed by atoms with Gasteiger partial charge in [0.15, 0.2) is 0 Å². The maximum absolute atomic E-state index is 11.8. The number of aliphatic hydroxyl groups excluding tert-OH is 1. The summed E-state index contributed by atoms with van der Waals surface area (Å²) in [6, 6.07) is 6.67. The van der Waals surface area contributed by atoms with Crippen LogP contribution in [0.2, 0.25) is 0 Å². The van der Waals surface area contributed by atoms with Crippen LogP contribution in [0, 0.1) is 0 Å². The molecule has 2 rings (SSSR count). The normalized spacial score (nSPS) is 15.1. The fraction of sp³-hybridized carbons (Fsp3) is 0.286. The Morgan fingerprint density at radius 2 is 1.71 bits per heavy atom. The van der Waals surface area contributed by atoms with Crippen molar-refractivity contribution in [2.75, 3.05) is 0 Å². The molecule has 0 heterocycles. The van der Waals surface area contributed by atoms with Gasteiger partial charge in [-0.3, -0.25) is 9.59 Å². The third kappa shape index (κ3) is 1.88. The molecule has 0 fully saturated rings. The van der Waals surface area contributed by atoms with Gasteiger partial charge in [-0.1, -0.05) is 37.6 Å². The number of carbonyl (C=O) groups is 2. The van der Waals surface area contributed by atoms with Crippen molar-refractivity contribution >= 4 is 17.3 Å². The second kappa shape index (κ2) is 4.53. The average molecular weight is 230 g/mol. The van der Waals surface area contributed by atoms with E-state index in [2.05, 4.69) is 0 Å². The predicted molar refractivity (Wildman–Crippen MR) is 64.9 cm³/mol. The Morgan fingerprint density at radius 1 is 1.06 bits per heavy atom. The predicted octanol–water partition coefficient (Wildman–Crippen LogP) is 2.91. The molecule has 0 atom stereocenters. The van der Waals surface area contributed by atoms with E-state index in [-0.39, 0.29) is 11.3 Å². The summed E-state index contributed by atoms with van der Waals surface area (Å²) in [5.41, 5.74) is 1.04. The molecule has 1 aromatic rings. The number of unbranched alkanes of at least 4 members (excludes halogenated alkanes) is 1. The maximum atomic E-state index is 11.8. The van der Waals surface area contributed by atoms with Gasteiger partial charge in [-0.25, -0.2) is 0 Å². The molecule has 0 saturated carbocycles. The summed E-state index contributed by atoms with van der Waals surface area (Å²) in [5.74, 6) is -1.10. The van der Waals surface area contributed by atoms with Gasteiger partial charge in [0, 0.05) is 16.7 Å². The van der Waals surface area contributed by atoms with Crippen molar-refractivity contribution in [1.29, 1.82) is 0 Å². The highest BCUT2D eigenvalue weighted by atomic mass is 16.3. The van der Waals surface area contributed by atoms with Gasteiger partial charge in [0.2, 0.25) is 11.6 Å². The minimum atomic E-state index is -0.561. The van der Waals surface area contributed by atoms with Crippen LogP contribution in [0.3, 0.4) is 0 Å². The maximum Gasteiger partial charge on any atom is 0.234 e. The lowest BCUT2D eigenvalue weighted by molar-refractivity contribution is -0.112. The van der Waals surface area contributed by atoms with Gasteiger partial charge < -0.3 is 5.11 Å². The summed E-state index contributed by atoms with van der Waals surface area (Å²) in [7, 11) is 0. The third-order valence-electron chi connectivity index (χ3n) is 2.97. The van der Waals surface area contributed by atoms with Gasteiger partial charge in [0.1, 0.15) is 5.76 Å². The molecule has 0 unspecified atom stereocenters. The lowest BCUT2D eigenvalue weighted by Crippen LogP contribution is -2.24. The third-order valence-corrected chi connectivity index (χ3v) is 2.97. The summed E-state index contributed by atoms with van der Waals surface area (Å²) in [6.45, 7) is 2.00. The topological polar surface area (TPSA) is 54.4 Å². The van der Waals surface area contributed by atoms with Crippen LogP contribution >= 0.6 is 0 Å². The number of Topliss-reactive ketones (excluding diaryl/α,β-unsaturated/α-hetero) is 2. The van der Waals surface area contributed by atoms with E-state index < -0.39 is 11.6 Å². The van der Waals surface area contributed by atoms with Crippen LogP contribution < -0.4 is 0 Å². The molecular formula is C14H14O3. The number of allylic oxidation sites excluding steroid dienone is 1. The van der Waals surface area contributed by atoms with Crippen molar-refractivity contribution in [3.05, 3.63) is 41.0 Å². The van der Waals surface area contributed by atoms with E-state index >= 15 is 0 Å². The van der Waals surface area contributed by atoms with Crippen LogP contribution in [0.15, 0.2) is 29.8 Å². The van der Waals surface area contributed by atoms with Crippen LogP contribution in [-0.4, -0.2) is 16.7 Å². The number of carbonyl (C=O) groups excluding carboxylic acids is 2. The molecule has 1 N–H and O–H groups in total. The van der Waals surface area contributed by atoms with Crippen molar-refractivity contribution < 1.29 is 14.7 Å². The van der Waals surface area contributed by atoms with Crippen molar-refractivity contribution in [2.45, 2.75) is 26.2 Å². The molecule has 1 aliphatic rings. The molecule has 0 aromatic heterocycles. The molecule has 0 bridgehead atoms. The fourth-order valence-electron chi connectivity index (χ4n) is 2.00. The molecule has 88 valence electrons. The number of fused-ring (bicyclic) bond motifs is 1. The highest BCUT2D eigenvalue weighted by Gasteiger charge is 2.31. The standard InChI is InChI=1S/C14H14O3/c1-2-3-6-11-12(15)9-7-4-5-8-10(9)13(16)14(11)17/h4-5,7-8,15H,2-3,6H2,1H3. The quantitative estimate of drug-likeness (QED) is 0.812. The molecule has 0 spiro atoms. The number of rotatable bonds is 3. The molecule has 3 heteroatoms. The summed E-state index contributed by atoms with van der Waals surface area (Å²) >= 11 is 0. The lowest BCUT2D eigenvalue weighted by Gasteiger charge is -2.17. The first kappa shape index (κ1) is 11.6. The highest BCUT2D eigenvalue weighted by molar-refractivity contribution is 6.52. The van der Waals surface area contributed by atoms with Crippen LogP contribution in [0.5, 0.6) is 0 Å². The van der Waals surface area contributed by atoms with Crippen LogP contribution in [-0.2, 0) is 4.79 Å². The van der Waals surface area contributed by atoms with E-state index in [0.29, 0.717) is 17.5 Å². The van der Waals surface area contributed by atoms with Crippen LogP contribution in [0.1, 0.15) is 42.1 Å². The van der Waals surface area contributed by atoms with Gasteiger partial charge in [-0.05, 0) is 12.8 Å². The van der Waals surface area contributed by atoms with Crippen molar-refractivity contribution in [1.82, 2.24) is 0 Å². The van der Waals surface area contributed by atoms with Gasteiger partial charge in [0.05, 0.1) is 0 Å². The summed E-state index contributed by atoms with van der Waals surface area (Å²) in [5, 5.41) is 10.0. The van der Waals surface area contributed by atoms with Gasteiger partial charge in [-0.15, -0.1) is 0 Å². The SMILES string of the molecule is CCCCC1=C(O)c2ccccc2C(=O)C1=O. The van der Waals surface area contributed by atoms with E-state index in [9.17, 15) is 14.7 Å². The van der Waals surface area contributed by atoms with E-state index in [4.69, 9.17) is 0 Å². The number of benzene rings is 1. The van der Waals surface area contributed by atoms with Gasteiger partial charge in [-0.2, -0.15) is 0 Å². The van der Waals surface area contributed by atoms with Gasteiger partial charge in [0.25, 0.3) is 0 Å². The van der Waals surface area contributed by atoms with Crippen LogP contribution in [0.25, 0.3) is 5.76 Å². The number of hydrogen-bond acceptors (Lipinski definition) is 3. The Morgan fingerprint density at radius 3 is 2.35 bits per heavy atom. The molecule has 3 nitrogen and oxygen atoms in total. The Labute approximate surface area is 99.8 Å². The van der Waals surface area contributed by atoms with Gasteiger partial charge >= 0.3 is 0 Å². The molecule has 0 radical (unpaired) electrons. The molecule has 0 saturated heterocycles. The molecule has 0 aliphatic heterocycles. The second-order valence-corrected chi connectivity index (χ2v) is 4.13. The summed E-state index contributed by atoms with van der Waals surface area (Å²) < 4.78 is 0. The number of aliphatic hydroxyl groups is 1. The Kier molecular flexibility index (Phi) is 3.09. The Hall–Kier alpha value is -1.90. The zero-order valence-corrected chi connectivity index (χ0v) is 9.69. The lowest BCUT2D eigenvalue weighted by atomic mass is 9.86. The first-order chi connectivity index (χ1) is 8.16. The largest absolute Gasteiger partial charge is 0.507 e. The number of hydrogen-bond donors (Lipinski definition) is 1. The molecule has 0 amide bonds. The Balaban J connectivity index is 2.52. The highest BCUT2D eigenvalue weighted by Crippen LogP contribution is 2.29. The van der Waals surface area contributed by atoms with Crippen molar-refractivity contribution in [3.63, 3.8) is 0 Å². The second-order valence-electron chi connectivity index (χ2n) is 4.13. The summed E-state index contributed by atoms with van der Waals surface area (Å²) in [4.78, 5) is 23.7. The number of ketones is 2. The molecule has 1 aliphatic carbocycles. The van der Waals surface area contributed by atoms with E-state index in [1.807, 2.05) is 6.92 Å². The van der Waals surface area contributed by atoms with E-state index in [1.54, 1.807) is 24.3 Å². The first-order valence-corrected chi connectivity index (χ1v) is 5.77. The van der Waals surface area contributed by atoms with E-state index in [1.165, 1.54) is 0 Å². The zero-order valence-electron chi connectivity index (χ0n) is 9.69. The Bertz CT molecular complexity index is 512. The van der Waals surface area contributed by atoms with Crippen molar-refractivity contribution in [3.8, 4) is 0 Å². The minimum absolute atomic E-state index is 0.0290. The zero-order chi connectivity index (χ0) is 12.4. The molecule has 1 aromatic carbocycles. The first-order valence-electron chi connectivity index (χ1n) is 5.77. The molecular weight excluding hydrogens is 216 g/mol. The summed E-state index contributed by atoms with van der Waals surface area (Å²) in [6.07, 6.45) is 2.17. The average Bonchev–Trinajstić information content (AvgIpc) is 2.36. The minimum Gasteiger partial charge on any atom is -0.507 e. The monoisotopic (exact) mass is 230 g/mol. The smallest absolute Gasteiger partial charge is 0.234 e. The molecule has 17 heavy (non-hydrogen) atoms. The fourth-order valence-corrected chi connectivity index (χ4v) is 2.00.